The Kier molecular flexibility index (Phi) is 7.18. The lowest BCUT2D eigenvalue weighted by Gasteiger charge is -2.16. The van der Waals surface area contributed by atoms with Crippen LogP contribution in [0.3, 0.4) is 0 Å². The van der Waals surface area contributed by atoms with Gasteiger partial charge in [-0.15, -0.1) is 11.3 Å². The lowest BCUT2D eigenvalue weighted by atomic mass is 10.1. The molecule has 168 valence electrons. The molecule has 2 aromatic rings. The van der Waals surface area contributed by atoms with Crippen LogP contribution < -0.4 is 5.32 Å². The molecule has 0 saturated carbocycles. The molecule has 1 aliphatic rings. The summed E-state index contributed by atoms with van der Waals surface area (Å²) in [6, 6.07) is 6.41. The number of hydrogen-bond acceptors (Lipinski definition) is 6. The summed E-state index contributed by atoms with van der Waals surface area (Å²) in [6.07, 6.45) is 4.38. The van der Waals surface area contributed by atoms with Gasteiger partial charge in [0.05, 0.1) is 4.90 Å². The number of sulfonamides is 1. The van der Waals surface area contributed by atoms with Crippen LogP contribution in [0.1, 0.15) is 51.9 Å². The zero-order valence-electron chi connectivity index (χ0n) is 18.2. The number of ether oxygens (including phenoxy) is 1. The summed E-state index contributed by atoms with van der Waals surface area (Å²) in [5, 5.41) is 2.68. The van der Waals surface area contributed by atoms with Gasteiger partial charge in [0.25, 0.3) is 5.91 Å². The van der Waals surface area contributed by atoms with Crippen LogP contribution in [-0.4, -0.2) is 44.8 Å². The first-order chi connectivity index (χ1) is 14.6. The third-order valence-electron chi connectivity index (χ3n) is 5.35. The Hall–Kier alpha value is -2.23. The molecule has 0 unspecified atom stereocenters. The molecule has 0 fully saturated rings. The third-order valence-corrected chi connectivity index (χ3v) is 8.37. The molecule has 7 nitrogen and oxygen atoms in total. The number of carbonyl (C=O) groups excluding carboxylic acids is 2. The maximum Gasteiger partial charge on any atom is 0.349 e. The van der Waals surface area contributed by atoms with Crippen LogP contribution in [0.25, 0.3) is 0 Å². The van der Waals surface area contributed by atoms with Crippen LogP contribution in [0.2, 0.25) is 0 Å². The number of benzene rings is 1. The van der Waals surface area contributed by atoms with E-state index in [1.165, 1.54) is 61.4 Å². The average Bonchev–Trinajstić information content (AvgIpc) is 3.00. The van der Waals surface area contributed by atoms with Gasteiger partial charge in [-0.2, -0.15) is 0 Å². The Morgan fingerprint density at radius 1 is 1.13 bits per heavy atom. The van der Waals surface area contributed by atoms with E-state index in [2.05, 4.69) is 5.32 Å². The number of hydrogen-bond donors (Lipinski definition) is 1. The maximum atomic E-state index is 12.6. The molecule has 0 aliphatic heterocycles. The van der Waals surface area contributed by atoms with Crippen molar-refractivity contribution in [2.45, 2.75) is 57.0 Å². The molecule has 1 aromatic heterocycles. The number of fused-ring (bicyclic) bond motifs is 1. The highest BCUT2D eigenvalue weighted by molar-refractivity contribution is 7.89. The summed E-state index contributed by atoms with van der Waals surface area (Å²) in [7, 11) is -0.746. The fourth-order valence-electron chi connectivity index (χ4n) is 3.38. The van der Waals surface area contributed by atoms with Gasteiger partial charge in [0.1, 0.15) is 4.88 Å². The van der Waals surface area contributed by atoms with Gasteiger partial charge in [0.15, 0.2) is 6.10 Å². The van der Waals surface area contributed by atoms with Gasteiger partial charge in [0.2, 0.25) is 10.0 Å². The van der Waals surface area contributed by atoms with E-state index in [1.807, 2.05) is 6.07 Å². The minimum Gasteiger partial charge on any atom is -0.448 e. The monoisotopic (exact) mass is 464 g/mol. The van der Waals surface area contributed by atoms with Crippen molar-refractivity contribution in [2.24, 2.45) is 0 Å². The van der Waals surface area contributed by atoms with E-state index >= 15 is 0 Å². The van der Waals surface area contributed by atoms with E-state index in [0.29, 0.717) is 16.1 Å². The first-order valence-electron chi connectivity index (χ1n) is 10.3. The van der Waals surface area contributed by atoms with Crippen LogP contribution in [0.15, 0.2) is 29.2 Å². The number of amides is 1. The molecule has 0 bridgehead atoms. The predicted molar refractivity (Wildman–Crippen MR) is 121 cm³/mol. The van der Waals surface area contributed by atoms with Gasteiger partial charge < -0.3 is 10.1 Å². The Morgan fingerprint density at radius 3 is 2.55 bits per heavy atom. The zero-order valence-corrected chi connectivity index (χ0v) is 19.9. The summed E-state index contributed by atoms with van der Waals surface area (Å²) in [4.78, 5) is 27.0. The normalized spacial score (nSPS) is 15.1. The van der Waals surface area contributed by atoms with Crippen LogP contribution in [0, 0.1) is 6.92 Å². The number of nitrogens with one attached hydrogen (secondary N) is 1. The van der Waals surface area contributed by atoms with Gasteiger partial charge in [-0.25, -0.2) is 17.5 Å². The van der Waals surface area contributed by atoms with E-state index in [0.717, 1.165) is 30.0 Å². The average molecular weight is 465 g/mol. The molecule has 3 rings (SSSR count). The molecule has 1 aliphatic carbocycles. The second-order valence-electron chi connectivity index (χ2n) is 7.92. The molecular weight excluding hydrogens is 436 g/mol. The molecule has 31 heavy (non-hydrogen) atoms. The van der Waals surface area contributed by atoms with Crippen LogP contribution in [-0.2, 0) is 32.4 Å². The fraction of sp³-hybridized carbons (Fsp3) is 0.455. The number of carbonyl (C=O) groups is 2. The SMILES string of the molecule is Cc1ccc(S(=O)(=O)N(C)C)cc1NC(=O)[C@H](C)OC(=O)c1cc2c(s1)CCCCC2. The smallest absolute Gasteiger partial charge is 0.349 e. The van der Waals surface area contributed by atoms with Crippen molar-refractivity contribution in [3.05, 3.63) is 45.1 Å². The lowest BCUT2D eigenvalue weighted by molar-refractivity contribution is -0.123. The second kappa shape index (κ2) is 9.50. The van der Waals surface area contributed by atoms with Gasteiger partial charge in [-0.3, -0.25) is 4.79 Å². The largest absolute Gasteiger partial charge is 0.448 e. The van der Waals surface area contributed by atoms with E-state index in [4.69, 9.17) is 4.74 Å². The number of rotatable bonds is 6. The van der Waals surface area contributed by atoms with Gasteiger partial charge in [0, 0.05) is 24.7 Å². The van der Waals surface area contributed by atoms with Crippen LogP contribution >= 0.6 is 11.3 Å². The Balaban J connectivity index is 1.69. The standard InChI is InChI=1S/C22H28N2O5S2/c1-14-10-11-17(31(27,28)24(3)4)13-18(14)23-21(25)15(2)29-22(26)20-12-16-8-6-5-7-9-19(16)30-20/h10-13,15H,5-9H2,1-4H3,(H,23,25)/t15-/m0/s1. The first-order valence-corrected chi connectivity index (χ1v) is 12.5. The molecule has 1 amide bonds. The number of nitrogens with zero attached hydrogens (tertiary/aromatic N) is 1. The Labute approximate surface area is 187 Å². The van der Waals surface area contributed by atoms with Crippen molar-refractivity contribution in [3.63, 3.8) is 0 Å². The topological polar surface area (TPSA) is 92.8 Å². The highest BCUT2D eigenvalue weighted by atomic mass is 32.2. The molecule has 9 heteroatoms. The summed E-state index contributed by atoms with van der Waals surface area (Å²) in [5.41, 5.74) is 2.27. The summed E-state index contributed by atoms with van der Waals surface area (Å²) >= 11 is 1.45. The first kappa shape index (κ1) is 23.4. The molecule has 1 atom stereocenters. The van der Waals surface area contributed by atoms with E-state index in [1.54, 1.807) is 13.0 Å². The van der Waals surface area contributed by atoms with E-state index in [-0.39, 0.29) is 4.90 Å². The molecule has 0 saturated heterocycles. The highest BCUT2D eigenvalue weighted by Gasteiger charge is 2.24. The minimum atomic E-state index is -3.63. The van der Waals surface area contributed by atoms with Gasteiger partial charge >= 0.3 is 5.97 Å². The zero-order chi connectivity index (χ0) is 22.8. The summed E-state index contributed by atoms with van der Waals surface area (Å²) < 4.78 is 31.2. The second-order valence-corrected chi connectivity index (χ2v) is 11.2. The quantitative estimate of drug-likeness (QED) is 0.519. The predicted octanol–water partition coefficient (Wildman–Crippen LogP) is 3.76. The summed E-state index contributed by atoms with van der Waals surface area (Å²) in [5.74, 6) is -1.03. The van der Waals surface area contributed by atoms with Crippen molar-refractivity contribution >= 4 is 38.9 Å². The van der Waals surface area contributed by atoms with E-state index in [9.17, 15) is 18.0 Å². The van der Waals surface area contributed by atoms with Crippen molar-refractivity contribution in [1.29, 1.82) is 0 Å². The van der Waals surface area contributed by atoms with Crippen molar-refractivity contribution in [1.82, 2.24) is 4.31 Å². The molecule has 0 spiro atoms. The highest BCUT2D eigenvalue weighted by Crippen LogP contribution is 2.29. The lowest BCUT2D eigenvalue weighted by Crippen LogP contribution is -2.30. The minimum absolute atomic E-state index is 0.0723. The molecule has 0 radical (unpaired) electrons. The third kappa shape index (κ3) is 5.34. The molecule has 1 aromatic carbocycles. The van der Waals surface area contributed by atoms with Gasteiger partial charge in [-0.05, 0) is 68.9 Å². The van der Waals surface area contributed by atoms with Crippen LogP contribution in [0.5, 0.6) is 0 Å². The van der Waals surface area contributed by atoms with Crippen molar-refractivity contribution in [3.8, 4) is 0 Å². The Morgan fingerprint density at radius 2 is 1.84 bits per heavy atom. The number of thiophene rings is 1. The number of anilines is 1. The molecule has 1 N–H and O–H groups in total. The number of aryl methyl sites for hydroxylation is 3. The maximum absolute atomic E-state index is 12.6. The van der Waals surface area contributed by atoms with E-state index < -0.39 is 28.0 Å². The number of esters is 1. The van der Waals surface area contributed by atoms with Crippen LogP contribution in [0.4, 0.5) is 5.69 Å². The molecular formula is C22H28N2O5S2. The van der Waals surface area contributed by atoms with Crippen molar-refractivity contribution < 1.29 is 22.7 Å². The fourth-order valence-corrected chi connectivity index (χ4v) is 5.45. The van der Waals surface area contributed by atoms with Gasteiger partial charge in [-0.1, -0.05) is 12.5 Å². The molecule has 1 heterocycles. The summed E-state index contributed by atoms with van der Waals surface area (Å²) in [6.45, 7) is 3.26. The van der Waals surface area contributed by atoms with Crippen molar-refractivity contribution in [2.75, 3.05) is 19.4 Å². The Bertz CT molecular complexity index is 1070.